The van der Waals surface area contributed by atoms with Gasteiger partial charge in [-0.3, -0.25) is 9.69 Å². The van der Waals surface area contributed by atoms with Crippen LogP contribution in [-0.4, -0.2) is 60.1 Å². The first kappa shape index (κ1) is 18.8. The van der Waals surface area contributed by atoms with Crippen molar-refractivity contribution in [2.75, 3.05) is 44.2 Å². The number of nitrogens with zero attached hydrogens (tertiary/aromatic N) is 3. The van der Waals surface area contributed by atoms with Gasteiger partial charge < -0.3 is 14.9 Å². The molecular weight excluding hydrogens is 350 g/mol. The maximum absolute atomic E-state index is 13.0. The van der Waals surface area contributed by atoms with Crippen molar-refractivity contribution in [3.63, 3.8) is 0 Å². The van der Waals surface area contributed by atoms with E-state index in [9.17, 15) is 9.90 Å². The van der Waals surface area contributed by atoms with Gasteiger partial charge in [0.1, 0.15) is 5.75 Å². The highest BCUT2D eigenvalue weighted by molar-refractivity contribution is 5.79. The fraction of sp³-hybridized carbons (Fsp3) is 0.435. The van der Waals surface area contributed by atoms with Crippen molar-refractivity contribution in [1.29, 1.82) is 0 Å². The number of carbonyl (C=O) groups excluding carboxylic acids is 1. The van der Waals surface area contributed by atoms with Gasteiger partial charge in [0, 0.05) is 49.9 Å². The molecule has 1 amide bonds. The highest BCUT2D eigenvalue weighted by atomic mass is 16.3. The molecule has 2 heterocycles. The van der Waals surface area contributed by atoms with Gasteiger partial charge in [0.2, 0.25) is 5.91 Å². The highest BCUT2D eigenvalue weighted by Crippen LogP contribution is 2.25. The average molecular weight is 380 g/mol. The average Bonchev–Trinajstić information content (AvgIpc) is 2.76. The van der Waals surface area contributed by atoms with Gasteiger partial charge in [-0.05, 0) is 44.1 Å². The standard InChI is InChI=1S/C23H29N3O2/c27-22-9-5-4-6-20(22)18-24-12-10-19(11-13-24)23(28)26-16-14-25(15-17-26)21-7-2-1-3-8-21/h1-9,19,27H,10-18H2. The zero-order valence-electron chi connectivity index (χ0n) is 16.3. The number of hydrogen-bond donors (Lipinski definition) is 1. The Bertz CT molecular complexity index is 779. The number of aromatic hydroxyl groups is 1. The summed E-state index contributed by atoms with van der Waals surface area (Å²) in [6, 6.07) is 18.0. The van der Waals surface area contributed by atoms with E-state index < -0.39 is 0 Å². The molecule has 0 unspecified atom stereocenters. The Balaban J connectivity index is 1.25. The van der Waals surface area contributed by atoms with Crippen molar-refractivity contribution in [3.8, 4) is 5.75 Å². The number of carbonyl (C=O) groups is 1. The lowest BCUT2D eigenvalue weighted by Gasteiger charge is -2.39. The van der Waals surface area contributed by atoms with Gasteiger partial charge in [0.25, 0.3) is 0 Å². The van der Waals surface area contributed by atoms with Crippen LogP contribution in [0.15, 0.2) is 54.6 Å². The third-order valence-electron chi connectivity index (χ3n) is 6.04. The second kappa shape index (κ2) is 8.65. The molecule has 2 fully saturated rings. The Hall–Kier alpha value is -2.53. The number of amides is 1. The van der Waals surface area contributed by atoms with Gasteiger partial charge >= 0.3 is 0 Å². The Morgan fingerprint density at radius 3 is 2.18 bits per heavy atom. The lowest BCUT2D eigenvalue weighted by molar-refractivity contribution is -0.137. The second-order valence-electron chi connectivity index (χ2n) is 7.83. The van der Waals surface area contributed by atoms with Crippen molar-refractivity contribution >= 4 is 11.6 Å². The van der Waals surface area contributed by atoms with E-state index in [1.807, 2.05) is 24.3 Å². The topological polar surface area (TPSA) is 47.0 Å². The van der Waals surface area contributed by atoms with Crippen LogP contribution in [0.5, 0.6) is 5.75 Å². The smallest absolute Gasteiger partial charge is 0.225 e. The number of piperidine rings is 1. The number of piperazine rings is 1. The van der Waals surface area contributed by atoms with Crippen LogP contribution >= 0.6 is 0 Å². The van der Waals surface area contributed by atoms with Crippen molar-refractivity contribution in [2.45, 2.75) is 19.4 Å². The van der Waals surface area contributed by atoms with Crippen LogP contribution in [-0.2, 0) is 11.3 Å². The normalized spacial score (nSPS) is 19.0. The highest BCUT2D eigenvalue weighted by Gasteiger charge is 2.30. The van der Waals surface area contributed by atoms with E-state index in [4.69, 9.17) is 0 Å². The quantitative estimate of drug-likeness (QED) is 0.887. The van der Waals surface area contributed by atoms with Crippen molar-refractivity contribution in [2.24, 2.45) is 5.92 Å². The molecule has 5 heteroatoms. The Labute approximate surface area is 167 Å². The molecule has 0 radical (unpaired) electrons. The third kappa shape index (κ3) is 4.30. The maximum Gasteiger partial charge on any atom is 0.225 e. The predicted molar refractivity (Wildman–Crippen MR) is 111 cm³/mol. The summed E-state index contributed by atoms with van der Waals surface area (Å²) in [5.74, 6) is 0.829. The summed E-state index contributed by atoms with van der Waals surface area (Å²) in [7, 11) is 0. The first-order chi connectivity index (χ1) is 13.7. The van der Waals surface area contributed by atoms with Crippen molar-refractivity contribution in [1.82, 2.24) is 9.80 Å². The summed E-state index contributed by atoms with van der Waals surface area (Å²) < 4.78 is 0. The minimum Gasteiger partial charge on any atom is -0.508 e. The zero-order valence-corrected chi connectivity index (χ0v) is 16.3. The van der Waals surface area contributed by atoms with E-state index >= 15 is 0 Å². The largest absolute Gasteiger partial charge is 0.508 e. The molecule has 0 spiro atoms. The molecule has 0 saturated carbocycles. The minimum atomic E-state index is 0.142. The van der Waals surface area contributed by atoms with Crippen molar-refractivity contribution < 1.29 is 9.90 Å². The SMILES string of the molecule is O=C(C1CCN(Cc2ccccc2O)CC1)N1CCN(c2ccccc2)CC1. The van der Waals surface area contributed by atoms with Crippen LogP contribution in [0, 0.1) is 5.92 Å². The number of para-hydroxylation sites is 2. The number of likely N-dealkylation sites (tertiary alicyclic amines) is 1. The van der Waals surface area contributed by atoms with E-state index in [0.717, 1.165) is 64.2 Å². The maximum atomic E-state index is 13.0. The predicted octanol–water partition coefficient (Wildman–Crippen LogP) is 2.95. The van der Waals surface area contributed by atoms with E-state index in [-0.39, 0.29) is 5.92 Å². The van der Waals surface area contributed by atoms with Crippen molar-refractivity contribution in [3.05, 3.63) is 60.2 Å². The van der Waals surface area contributed by atoms with Crippen LogP contribution in [0.1, 0.15) is 18.4 Å². The summed E-state index contributed by atoms with van der Waals surface area (Å²) in [6.07, 6.45) is 1.82. The Morgan fingerprint density at radius 2 is 1.50 bits per heavy atom. The van der Waals surface area contributed by atoms with Crippen LogP contribution in [0.4, 0.5) is 5.69 Å². The molecule has 2 saturated heterocycles. The van der Waals surface area contributed by atoms with Gasteiger partial charge in [-0.2, -0.15) is 0 Å². The van der Waals surface area contributed by atoms with Gasteiger partial charge in [0.05, 0.1) is 0 Å². The number of benzene rings is 2. The third-order valence-corrected chi connectivity index (χ3v) is 6.04. The van der Waals surface area contributed by atoms with Crippen LogP contribution in [0.25, 0.3) is 0 Å². The van der Waals surface area contributed by atoms with Crippen LogP contribution in [0.2, 0.25) is 0 Å². The molecule has 2 aromatic carbocycles. The molecule has 5 nitrogen and oxygen atoms in total. The van der Waals surface area contributed by atoms with Crippen LogP contribution < -0.4 is 4.90 Å². The lowest BCUT2D eigenvalue weighted by atomic mass is 9.94. The first-order valence-electron chi connectivity index (χ1n) is 10.3. The summed E-state index contributed by atoms with van der Waals surface area (Å²) in [6.45, 7) is 6.01. The monoisotopic (exact) mass is 379 g/mol. The number of anilines is 1. The molecule has 0 atom stereocenters. The summed E-state index contributed by atoms with van der Waals surface area (Å²) in [5, 5.41) is 9.96. The molecule has 0 bridgehead atoms. The Morgan fingerprint density at radius 1 is 0.857 bits per heavy atom. The molecule has 4 rings (SSSR count). The first-order valence-corrected chi connectivity index (χ1v) is 10.3. The molecule has 28 heavy (non-hydrogen) atoms. The fourth-order valence-corrected chi connectivity index (χ4v) is 4.31. The van der Waals surface area contributed by atoms with E-state index in [0.29, 0.717) is 11.7 Å². The molecule has 0 aromatic heterocycles. The Kier molecular flexibility index (Phi) is 5.81. The van der Waals surface area contributed by atoms with Gasteiger partial charge in [0.15, 0.2) is 0 Å². The summed E-state index contributed by atoms with van der Waals surface area (Å²) in [5.41, 5.74) is 2.20. The molecule has 2 aliphatic rings. The number of phenols is 1. The lowest BCUT2D eigenvalue weighted by Crippen LogP contribution is -2.51. The molecule has 2 aromatic rings. The molecule has 148 valence electrons. The molecule has 1 N–H and O–H groups in total. The summed E-state index contributed by atoms with van der Waals surface area (Å²) >= 11 is 0. The van der Waals surface area contributed by atoms with Gasteiger partial charge in [-0.25, -0.2) is 0 Å². The molecule has 2 aliphatic heterocycles. The summed E-state index contributed by atoms with van der Waals surface area (Å²) in [4.78, 5) is 19.7. The minimum absolute atomic E-state index is 0.142. The van der Waals surface area contributed by atoms with E-state index in [2.05, 4.69) is 39.0 Å². The number of phenolic OH excluding ortho intramolecular Hbond substituents is 1. The van der Waals surface area contributed by atoms with Crippen LogP contribution in [0.3, 0.4) is 0 Å². The molecular formula is C23H29N3O2. The van der Waals surface area contributed by atoms with Gasteiger partial charge in [-0.15, -0.1) is 0 Å². The van der Waals surface area contributed by atoms with E-state index in [1.165, 1.54) is 5.69 Å². The number of hydrogen-bond acceptors (Lipinski definition) is 4. The fourth-order valence-electron chi connectivity index (χ4n) is 4.31. The molecule has 0 aliphatic carbocycles. The van der Waals surface area contributed by atoms with E-state index in [1.54, 1.807) is 6.07 Å². The second-order valence-corrected chi connectivity index (χ2v) is 7.83. The number of rotatable bonds is 4. The van der Waals surface area contributed by atoms with Gasteiger partial charge in [-0.1, -0.05) is 36.4 Å². The zero-order chi connectivity index (χ0) is 19.3.